The van der Waals surface area contributed by atoms with Gasteiger partial charge >= 0.3 is 0 Å². The molecule has 0 radical (unpaired) electrons. The van der Waals surface area contributed by atoms with E-state index in [2.05, 4.69) is 11.8 Å². The molecule has 0 aromatic heterocycles. The summed E-state index contributed by atoms with van der Waals surface area (Å²) in [5, 5.41) is 17.1. The van der Waals surface area contributed by atoms with E-state index in [0.29, 0.717) is 0 Å². The molecule has 0 atom stereocenters. The Kier molecular flexibility index (Phi) is 5.66. The summed E-state index contributed by atoms with van der Waals surface area (Å²) < 4.78 is 38.8. The molecule has 1 aromatic rings. The molecular weight excluding hydrogens is 283 g/mol. The summed E-state index contributed by atoms with van der Waals surface area (Å²) in [7, 11) is -2.53. The minimum atomic E-state index is -3.86. The van der Waals surface area contributed by atoms with E-state index in [0.717, 1.165) is 22.5 Å². The molecular formula is C13H13FN2O3S. The number of sulfonamides is 1. The standard InChI is InChI=1S/C13H13FN2O3S/c1-16(8-3-7-15)20(18,19)13-6-5-12(14)10-11(13)4-2-9-17/h5-6,10,17H,3,8-9H2,1H3. The van der Waals surface area contributed by atoms with Crippen LogP contribution in [0.1, 0.15) is 12.0 Å². The van der Waals surface area contributed by atoms with Crippen LogP contribution in [0.3, 0.4) is 0 Å². The van der Waals surface area contributed by atoms with Crippen LogP contribution in [-0.2, 0) is 10.0 Å². The van der Waals surface area contributed by atoms with Crippen molar-refractivity contribution in [3.8, 4) is 17.9 Å². The van der Waals surface area contributed by atoms with E-state index in [-0.39, 0.29) is 23.4 Å². The van der Waals surface area contributed by atoms with Crippen molar-refractivity contribution in [3.63, 3.8) is 0 Å². The lowest BCUT2D eigenvalue weighted by molar-refractivity contribution is 0.350. The SMILES string of the molecule is CN(CCC#N)S(=O)(=O)c1ccc(F)cc1C#CCO. The predicted molar refractivity (Wildman–Crippen MR) is 70.4 cm³/mol. The van der Waals surface area contributed by atoms with E-state index in [1.165, 1.54) is 7.05 Å². The fraction of sp³-hybridized carbons (Fsp3) is 0.308. The minimum absolute atomic E-state index is 0.0251. The first-order valence-corrected chi connectivity index (χ1v) is 7.10. The van der Waals surface area contributed by atoms with Crippen LogP contribution in [0.5, 0.6) is 0 Å². The average Bonchev–Trinajstić information content (AvgIpc) is 2.42. The van der Waals surface area contributed by atoms with Crippen LogP contribution in [-0.4, -0.2) is 38.0 Å². The molecule has 0 aliphatic rings. The zero-order valence-corrected chi connectivity index (χ0v) is 11.6. The quantitative estimate of drug-likeness (QED) is 0.829. The molecule has 0 unspecified atom stereocenters. The molecule has 0 aliphatic heterocycles. The Morgan fingerprint density at radius 1 is 1.45 bits per heavy atom. The molecule has 5 nitrogen and oxygen atoms in total. The second kappa shape index (κ2) is 7.01. The number of aliphatic hydroxyl groups is 1. The molecule has 0 amide bonds. The number of halogens is 1. The van der Waals surface area contributed by atoms with Crippen molar-refractivity contribution in [1.82, 2.24) is 4.31 Å². The van der Waals surface area contributed by atoms with Gasteiger partial charge in [-0.25, -0.2) is 12.8 Å². The van der Waals surface area contributed by atoms with E-state index in [4.69, 9.17) is 10.4 Å². The van der Waals surface area contributed by atoms with Crippen LogP contribution in [0.25, 0.3) is 0 Å². The Hall–Kier alpha value is -1.93. The second-order valence-electron chi connectivity index (χ2n) is 3.84. The molecule has 1 aromatic carbocycles. The number of rotatable bonds is 4. The van der Waals surface area contributed by atoms with Gasteiger partial charge < -0.3 is 5.11 Å². The van der Waals surface area contributed by atoms with E-state index in [1.54, 1.807) is 0 Å². The summed E-state index contributed by atoms with van der Waals surface area (Å²) in [5.41, 5.74) is -0.0251. The van der Waals surface area contributed by atoms with Crippen LogP contribution in [0.2, 0.25) is 0 Å². The van der Waals surface area contributed by atoms with Crippen molar-refractivity contribution in [2.75, 3.05) is 20.2 Å². The number of aliphatic hydroxyl groups excluding tert-OH is 1. The highest BCUT2D eigenvalue weighted by molar-refractivity contribution is 7.89. The van der Waals surface area contributed by atoms with Crippen molar-refractivity contribution in [2.24, 2.45) is 0 Å². The minimum Gasteiger partial charge on any atom is -0.384 e. The zero-order chi connectivity index (χ0) is 15.2. The largest absolute Gasteiger partial charge is 0.384 e. The van der Waals surface area contributed by atoms with Crippen molar-refractivity contribution in [3.05, 3.63) is 29.6 Å². The Morgan fingerprint density at radius 2 is 2.15 bits per heavy atom. The third kappa shape index (κ3) is 3.78. The van der Waals surface area contributed by atoms with E-state index in [9.17, 15) is 12.8 Å². The van der Waals surface area contributed by atoms with Gasteiger partial charge in [0.15, 0.2) is 0 Å². The van der Waals surface area contributed by atoms with Gasteiger partial charge in [0, 0.05) is 25.6 Å². The first-order valence-electron chi connectivity index (χ1n) is 5.66. The molecule has 0 saturated heterocycles. The van der Waals surface area contributed by atoms with Gasteiger partial charge in [0.25, 0.3) is 0 Å². The molecule has 106 valence electrons. The Balaban J connectivity index is 3.28. The van der Waals surface area contributed by atoms with Crippen LogP contribution in [0.15, 0.2) is 23.1 Å². The third-order valence-electron chi connectivity index (χ3n) is 2.47. The van der Waals surface area contributed by atoms with E-state index >= 15 is 0 Å². The first-order chi connectivity index (χ1) is 9.43. The molecule has 7 heteroatoms. The maximum atomic E-state index is 13.2. The summed E-state index contributed by atoms with van der Waals surface area (Å²) >= 11 is 0. The van der Waals surface area contributed by atoms with Gasteiger partial charge in [0.2, 0.25) is 10.0 Å². The molecule has 1 rings (SSSR count). The lowest BCUT2D eigenvalue weighted by Crippen LogP contribution is -2.28. The van der Waals surface area contributed by atoms with Gasteiger partial charge in [-0.1, -0.05) is 11.8 Å². The number of nitrogens with zero attached hydrogens (tertiary/aromatic N) is 2. The fourth-order valence-electron chi connectivity index (χ4n) is 1.46. The van der Waals surface area contributed by atoms with Gasteiger partial charge in [-0.2, -0.15) is 9.57 Å². The average molecular weight is 296 g/mol. The monoisotopic (exact) mass is 296 g/mol. The van der Waals surface area contributed by atoms with Crippen LogP contribution in [0.4, 0.5) is 4.39 Å². The van der Waals surface area contributed by atoms with Crippen molar-refractivity contribution >= 4 is 10.0 Å². The number of hydrogen-bond acceptors (Lipinski definition) is 4. The second-order valence-corrected chi connectivity index (χ2v) is 5.85. The molecule has 0 fully saturated rings. The normalized spacial score (nSPS) is 10.8. The van der Waals surface area contributed by atoms with Gasteiger partial charge in [-0.05, 0) is 18.2 Å². The number of benzene rings is 1. The predicted octanol–water partition coefficient (Wildman–Crippen LogP) is 0.704. The Bertz CT molecular complexity index is 684. The lowest BCUT2D eigenvalue weighted by Gasteiger charge is -2.16. The Morgan fingerprint density at radius 3 is 2.75 bits per heavy atom. The highest BCUT2D eigenvalue weighted by Gasteiger charge is 2.23. The summed E-state index contributed by atoms with van der Waals surface area (Å²) in [6, 6.07) is 4.99. The molecule has 20 heavy (non-hydrogen) atoms. The molecule has 0 bridgehead atoms. The molecule has 0 heterocycles. The Labute approximate surface area is 117 Å². The summed E-state index contributed by atoms with van der Waals surface area (Å²) in [4.78, 5) is -0.153. The van der Waals surface area contributed by atoms with E-state index in [1.807, 2.05) is 6.07 Å². The summed E-state index contributed by atoms with van der Waals surface area (Å²) in [5.74, 6) is 4.08. The molecule has 0 aliphatic carbocycles. The fourth-order valence-corrected chi connectivity index (χ4v) is 2.75. The maximum absolute atomic E-state index is 13.2. The number of nitriles is 1. The smallest absolute Gasteiger partial charge is 0.244 e. The zero-order valence-electron chi connectivity index (χ0n) is 10.8. The van der Waals surface area contributed by atoms with Crippen LogP contribution >= 0.6 is 0 Å². The van der Waals surface area contributed by atoms with Crippen molar-refractivity contribution in [2.45, 2.75) is 11.3 Å². The van der Waals surface area contributed by atoms with Crippen molar-refractivity contribution < 1.29 is 17.9 Å². The highest BCUT2D eigenvalue weighted by atomic mass is 32.2. The molecule has 0 spiro atoms. The topological polar surface area (TPSA) is 81.4 Å². The highest BCUT2D eigenvalue weighted by Crippen LogP contribution is 2.20. The van der Waals surface area contributed by atoms with Gasteiger partial charge in [-0.15, -0.1) is 0 Å². The van der Waals surface area contributed by atoms with Gasteiger partial charge in [0.05, 0.1) is 11.0 Å². The van der Waals surface area contributed by atoms with Crippen LogP contribution in [0, 0.1) is 29.0 Å². The first kappa shape index (κ1) is 16.1. The lowest BCUT2D eigenvalue weighted by atomic mass is 10.2. The number of hydrogen-bond donors (Lipinski definition) is 1. The van der Waals surface area contributed by atoms with E-state index < -0.39 is 22.4 Å². The third-order valence-corrected chi connectivity index (χ3v) is 4.39. The summed E-state index contributed by atoms with van der Waals surface area (Å²) in [6.07, 6.45) is 0.0502. The summed E-state index contributed by atoms with van der Waals surface area (Å²) in [6.45, 7) is -0.427. The molecule has 1 N–H and O–H groups in total. The molecule has 0 saturated carbocycles. The maximum Gasteiger partial charge on any atom is 0.244 e. The van der Waals surface area contributed by atoms with Gasteiger partial charge in [0.1, 0.15) is 12.4 Å². The van der Waals surface area contributed by atoms with Gasteiger partial charge in [-0.3, -0.25) is 0 Å². The van der Waals surface area contributed by atoms with Crippen LogP contribution < -0.4 is 0 Å². The van der Waals surface area contributed by atoms with Crippen molar-refractivity contribution in [1.29, 1.82) is 5.26 Å².